The number of likely N-dealkylation sites (N-methyl/N-ethyl adjacent to an activating group) is 1. The van der Waals surface area contributed by atoms with Crippen LogP contribution in [0.15, 0.2) is 0 Å². The summed E-state index contributed by atoms with van der Waals surface area (Å²) in [6, 6.07) is 0. The molecule has 1 heterocycles. The minimum Gasteiger partial charge on any atom is -0.358 e. The van der Waals surface area contributed by atoms with Crippen LogP contribution in [-0.2, 0) is 0 Å². The number of nitrogens with one attached hydrogen (secondary N) is 2. The highest BCUT2D eigenvalue weighted by Gasteiger charge is 2.18. The van der Waals surface area contributed by atoms with Crippen molar-refractivity contribution in [3.8, 4) is 0 Å². The Labute approximate surface area is 88.2 Å². The first-order valence-corrected chi connectivity index (χ1v) is 6.27. The number of quaternary nitrogens is 3. The van der Waals surface area contributed by atoms with Gasteiger partial charge in [0, 0.05) is 0 Å². The Morgan fingerprint density at radius 1 is 0.929 bits per heavy atom. The van der Waals surface area contributed by atoms with Gasteiger partial charge in [-0.15, -0.1) is 0 Å². The second kappa shape index (κ2) is 7.21. The van der Waals surface area contributed by atoms with Gasteiger partial charge in [-0.3, -0.25) is 0 Å². The predicted molar refractivity (Wildman–Crippen MR) is 58.4 cm³/mol. The van der Waals surface area contributed by atoms with E-state index in [1.807, 2.05) is 4.90 Å². The van der Waals surface area contributed by atoms with Crippen LogP contribution in [0.1, 0.15) is 25.7 Å². The maximum absolute atomic E-state index is 3.87. The van der Waals surface area contributed by atoms with Gasteiger partial charge in [0.2, 0.25) is 0 Å². The molecule has 0 aromatic heterocycles. The standard InChI is InChI=1S/C11H25N3/c1-13-8-10-14(11-9-13)7-5-3-2-4-6-12/h2-12H2,1H3/p+3. The zero-order valence-corrected chi connectivity index (χ0v) is 9.78. The third-order valence-corrected chi connectivity index (χ3v) is 3.34. The maximum atomic E-state index is 3.87. The van der Waals surface area contributed by atoms with Gasteiger partial charge in [0.25, 0.3) is 0 Å². The fourth-order valence-corrected chi connectivity index (χ4v) is 2.19. The summed E-state index contributed by atoms with van der Waals surface area (Å²) >= 11 is 0. The average molecular weight is 202 g/mol. The van der Waals surface area contributed by atoms with Crippen molar-refractivity contribution in [2.75, 3.05) is 46.3 Å². The summed E-state index contributed by atoms with van der Waals surface area (Å²) in [7, 11) is 2.31. The van der Waals surface area contributed by atoms with Crippen LogP contribution < -0.4 is 15.5 Å². The molecule has 14 heavy (non-hydrogen) atoms. The monoisotopic (exact) mass is 202 g/mol. The molecule has 1 rings (SSSR count). The van der Waals surface area contributed by atoms with Crippen LogP contribution in [0.3, 0.4) is 0 Å². The zero-order valence-electron chi connectivity index (χ0n) is 9.78. The van der Waals surface area contributed by atoms with Crippen molar-refractivity contribution in [3.05, 3.63) is 0 Å². The molecular formula is C11H28N3+3. The van der Waals surface area contributed by atoms with Gasteiger partial charge in [-0.25, -0.2) is 0 Å². The van der Waals surface area contributed by atoms with Gasteiger partial charge in [-0.1, -0.05) is 0 Å². The minimum atomic E-state index is 1.12. The highest BCUT2D eigenvalue weighted by molar-refractivity contribution is 4.42. The lowest BCUT2D eigenvalue weighted by molar-refractivity contribution is -1.00. The van der Waals surface area contributed by atoms with E-state index >= 15 is 0 Å². The molecule has 1 aliphatic rings. The van der Waals surface area contributed by atoms with Crippen molar-refractivity contribution < 1.29 is 15.5 Å². The first kappa shape index (κ1) is 12.0. The second-order valence-electron chi connectivity index (χ2n) is 4.72. The molecular weight excluding hydrogens is 174 g/mol. The quantitative estimate of drug-likeness (QED) is 0.389. The van der Waals surface area contributed by atoms with E-state index in [4.69, 9.17) is 0 Å². The smallest absolute Gasteiger partial charge is 0.127 e. The van der Waals surface area contributed by atoms with Gasteiger partial charge in [0.05, 0.1) is 20.1 Å². The van der Waals surface area contributed by atoms with Gasteiger partial charge in [-0.2, -0.15) is 0 Å². The van der Waals surface area contributed by atoms with Crippen molar-refractivity contribution in [2.45, 2.75) is 25.7 Å². The fourth-order valence-electron chi connectivity index (χ4n) is 2.19. The van der Waals surface area contributed by atoms with Crippen molar-refractivity contribution in [2.24, 2.45) is 0 Å². The summed E-state index contributed by atoms with van der Waals surface area (Å²) in [6.45, 7) is 8.04. The van der Waals surface area contributed by atoms with Crippen molar-refractivity contribution in [1.82, 2.24) is 0 Å². The fraction of sp³-hybridized carbons (Fsp3) is 1.00. The summed E-state index contributed by atoms with van der Waals surface area (Å²) < 4.78 is 0. The molecule has 0 unspecified atom stereocenters. The van der Waals surface area contributed by atoms with Gasteiger partial charge >= 0.3 is 0 Å². The largest absolute Gasteiger partial charge is 0.358 e. The van der Waals surface area contributed by atoms with E-state index < -0.39 is 0 Å². The molecule has 1 aliphatic heterocycles. The Balaban J connectivity index is 1.91. The van der Waals surface area contributed by atoms with Crippen LogP contribution in [0.4, 0.5) is 0 Å². The number of hydrogen-bond acceptors (Lipinski definition) is 0. The second-order valence-corrected chi connectivity index (χ2v) is 4.72. The Hall–Kier alpha value is -0.120. The van der Waals surface area contributed by atoms with E-state index in [9.17, 15) is 0 Å². The Morgan fingerprint density at radius 2 is 1.57 bits per heavy atom. The van der Waals surface area contributed by atoms with Crippen LogP contribution in [0, 0.1) is 0 Å². The van der Waals surface area contributed by atoms with Crippen LogP contribution >= 0.6 is 0 Å². The van der Waals surface area contributed by atoms with E-state index in [2.05, 4.69) is 12.8 Å². The molecule has 1 saturated heterocycles. The van der Waals surface area contributed by atoms with Crippen LogP contribution in [0.2, 0.25) is 0 Å². The van der Waals surface area contributed by atoms with Crippen LogP contribution in [0.5, 0.6) is 0 Å². The summed E-state index contributed by atoms with van der Waals surface area (Å²) in [5.74, 6) is 0. The van der Waals surface area contributed by atoms with E-state index in [1.54, 1.807) is 4.90 Å². The molecule has 0 spiro atoms. The van der Waals surface area contributed by atoms with Crippen molar-refractivity contribution in [3.63, 3.8) is 0 Å². The summed E-state index contributed by atoms with van der Waals surface area (Å²) in [6.07, 6.45) is 5.56. The molecule has 0 aliphatic carbocycles. The molecule has 5 N–H and O–H groups in total. The third kappa shape index (κ3) is 4.94. The number of piperazine rings is 1. The van der Waals surface area contributed by atoms with Crippen LogP contribution in [0.25, 0.3) is 0 Å². The van der Waals surface area contributed by atoms with E-state index in [-0.39, 0.29) is 0 Å². The van der Waals surface area contributed by atoms with Gasteiger partial charge < -0.3 is 15.5 Å². The highest BCUT2D eigenvalue weighted by atomic mass is 15.2. The number of hydrogen-bond donors (Lipinski definition) is 3. The van der Waals surface area contributed by atoms with Crippen LogP contribution in [-0.4, -0.2) is 46.3 Å². The van der Waals surface area contributed by atoms with E-state index in [1.165, 1.54) is 58.4 Å². The molecule has 3 heteroatoms. The molecule has 3 nitrogen and oxygen atoms in total. The maximum Gasteiger partial charge on any atom is 0.127 e. The first-order chi connectivity index (χ1) is 6.83. The molecule has 0 saturated carbocycles. The van der Waals surface area contributed by atoms with Crippen molar-refractivity contribution >= 4 is 0 Å². The number of unbranched alkanes of at least 4 members (excludes halogenated alkanes) is 3. The number of rotatable bonds is 6. The Morgan fingerprint density at radius 3 is 2.21 bits per heavy atom. The third-order valence-electron chi connectivity index (χ3n) is 3.34. The molecule has 0 aromatic carbocycles. The lowest BCUT2D eigenvalue weighted by atomic mass is 10.2. The lowest BCUT2D eigenvalue weighted by Crippen LogP contribution is -3.27. The first-order valence-electron chi connectivity index (χ1n) is 6.27. The van der Waals surface area contributed by atoms with Gasteiger partial charge in [-0.05, 0) is 25.7 Å². The summed E-state index contributed by atoms with van der Waals surface area (Å²) in [5.41, 5.74) is 3.87. The SMILES string of the molecule is C[NH+]1CC[NH+](CCCCCC[NH3+])CC1. The predicted octanol–water partition coefficient (Wildman–Crippen LogP) is -2.80. The molecule has 0 bridgehead atoms. The zero-order chi connectivity index (χ0) is 10.2. The van der Waals surface area contributed by atoms with Crippen molar-refractivity contribution in [1.29, 1.82) is 0 Å². The molecule has 0 amide bonds. The lowest BCUT2D eigenvalue weighted by Gasteiger charge is -2.27. The highest BCUT2D eigenvalue weighted by Crippen LogP contribution is 1.95. The Bertz CT molecular complexity index is 130. The van der Waals surface area contributed by atoms with Gasteiger partial charge in [0.1, 0.15) is 26.2 Å². The Kier molecular flexibility index (Phi) is 6.15. The minimum absolute atomic E-state index is 1.12. The summed E-state index contributed by atoms with van der Waals surface area (Å²) in [4.78, 5) is 3.55. The van der Waals surface area contributed by atoms with Gasteiger partial charge in [0.15, 0.2) is 0 Å². The topological polar surface area (TPSA) is 36.5 Å². The molecule has 84 valence electrons. The molecule has 0 aromatic rings. The average Bonchev–Trinajstić information content (AvgIpc) is 2.21. The van der Waals surface area contributed by atoms with E-state index in [0.717, 1.165) is 6.54 Å². The molecule has 0 atom stereocenters. The molecule has 1 fully saturated rings. The summed E-state index contributed by atoms with van der Waals surface area (Å²) in [5, 5.41) is 0. The molecule has 0 radical (unpaired) electrons. The van der Waals surface area contributed by atoms with E-state index in [0.29, 0.717) is 0 Å². The normalized spacial score (nSPS) is 27.9.